The van der Waals surface area contributed by atoms with E-state index in [0.29, 0.717) is 35.8 Å². The van der Waals surface area contributed by atoms with Crippen LogP contribution in [0.4, 0.5) is 43.9 Å². The second kappa shape index (κ2) is 10.2. The Kier molecular flexibility index (Phi) is 7.02. The molecule has 3 saturated carbocycles. The van der Waals surface area contributed by atoms with Crippen LogP contribution < -0.4 is 0 Å². The van der Waals surface area contributed by atoms with Crippen molar-refractivity contribution in [3.63, 3.8) is 0 Å². The Morgan fingerprint density at radius 1 is 0.792 bits per heavy atom. The van der Waals surface area contributed by atoms with Crippen LogP contribution in [0, 0.1) is 29.1 Å². The highest BCUT2D eigenvalue weighted by Crippen LogP contribution is 2.69. The van der Waals surface area contributed by atoms with Gasteiger partial charge in [0, 0.05) is 52.2 Å². The third kappa shape index (κ3) is 4.86. The molecule has 6 aliphatic rings. The number of fused-ring (bicyclic) bond motifs is 9. The third-order valence-electron chi connectivity index (χ3n) is 10.4. The van der Waals surface area contributed by atoms with Gasteiger partial charge in [-0.15, -0.1) is 0 Å². The Bertz CT molecular complexity index is 1820. The van der Waals surface area contributed by atoms with Crippen LogP contribution in [0.15, 0.2) is 0 Å². The topological polar surface area (TPSA) is 88.1 Å². The average molecular weight is 692 g/mol. The number of rotatable bonds is 2. The first-order valence-electron chi connectivity index (χ1n) is 15.8. The first kappa shape index (κ1) is 32.9. The predicted octanol–water partition coefficient (Wildman–Crippen LogP) is 8.71. The van der Waals surface area contributed by atoms with Gasteiger partial charge in [0.05, 0.1) is 0 Å². The number of H-pyrrole nitrogens is 1. The van der Waals surface area contributed by atoms with Crippen molar-refractivity contribution in [2.45, 2.75) is 114 Å². The highest BCUT2D eigenvalue weighted by Gasteiger charge is 2.68. The van der Waals surface area contributed by atoms with Gasteiger partial charge in [-0.25, -0.2) is 0 Å². The molecular weight excluding hydrogens is 660 g/mol. The van der Waals surface area contributed by atoms with Crippen molar-refractivity contribution in [3.8, 4) is 6.07 Å². The van der Waals surface area contributed by atoms with Crippen LogP contribution in [-0.4, -0.2) is 29.8 Å². The molecule has 6 unspecified atom stereocenters. The molecule has 3 aromatic heterocycles. The lowest BCUT2D eigenvalue weighted by molar-refractivity contribution is -0.143. The average Bonchev–Trinajstić information content (AvgIpc) is 3.93. The van der Waals surface area contributed by atoms with E-state index in [1.54, 1.807) is 18.5 Å². The fraction of sp³-hybridized carbons (Fsp3) is 0.677. The number of nitriles is 1. The molecule has 6 atom stereocenters. The fourth-order valence-electron chi connectivity index (χ4n) is 7.93. The summed E-state index contributed by atoms with van der Waals surface area (Å²) in [5, 5.41) is 21.7. The van der Waals surface area contributed by atoms with Crippen molar-refractivity contribution in [2.24, 2.45) is 17.8 Å². The molecule has 7 nitrogen and oxygen atoms in total. The number of nitrogens with zero attached hydrogens (tertiary/aromatic N) is 6. The summed E-state index contributed by atoms with van der Waals surface area (Å²) in [7, 11) is 0. The zero-order valence-electron chi connectivity index (χ0n) is 26.1. The minimum atomic E-state index is -4.67. The normalized spacial score (nSPS) is 28.9. The molecule has 17 heteroatoms. The Labute approximate surface area is 267 Å². The highest BCUT2D eigenvalue weighted by molar-refractivity contribution is 5.49. The van der Waals surface area contributed by atoms with Crippen molar-refractivity contribution in [3.05, 3.63) is 50.9 Å². The van der Waals surface area contributed by atoms with Crippen molar-refractivity contribution >= 4 is 0 Å². The Balaban J connectivity index is 0.000000115. The molecule has 0 spiro atoms. The Hall–Kier alpha value is -3.58. The molecule has 0 aromatic carbocycles. The zero-order chi connectivity index (χ0) is 35.0. The number of aromatic amines is 1. The molecule has 48 heavy (non-hydrogen) atoms. The van der Waals surface area contributed by atoms with Crippen molar-refractivity contribution in [1.82, 2.24) is 29.8 Å². The van der Waals surface area contributed by atoms with Crippen LogP contribution in [0.25, 0.3) is 0 Å². The van der Waals surface area contributed by atoms with Crippen LogP contribution in [0.2, 0.25) is 0 Å². The van der Waals surface area contributed by atoms with E-state index in [9.17, 15) is 43.9 Å². The predicted molar refractivity (Wildman–Crippen MR) is 147 cm³/mol. The van der Waals surface area contributed by atoms with E-state index < -0.39 is 65.1 Å². The lowest BCUT2D eigenvalue weighted by atomic mass is 9.95. The van der Waals surface area contributed by atoms with Gasteiger partial charge >= 0.3 is 12.4 Å². The summed E-state index contributed by atoms with van der Waals surface area (Å²) in [4.78, 5) is 0. The quantitative estimate of drug-likeness (QED) is 0.273. The van der Waals surface area contributed by atoms with Gasteiger partial charge in [0.2, 0.25) is 0 Å². The van der Waals surface area contributed by atoms with E-state index in [0.717, 1.165) is 23.2 Å². The minimum Gasteiger partial charge on any atom is -0.275 e. The number of aromatic nitrogens is 6. The molecule has 0 amide bonds. The molecule has 0 aliphatic heterocycles. The first-order chi connectivity index (χ1) is 22.2. The Morgan fingerprint density at radius 2 is 1.35 bits per heavy atom. The van der Waals surface area contributed by atoms with Gasteiger partial charge in [-0.3, -0.25) is 14.5 Å². The molecule has 0 saturated heterocycles. The van der Waals surface area contributed by atoms with Crippen LogP contribution in [0.1, 0.15) is 134 Å². The van der Waals surface area contributed by atoms with Crippen molar-refractivity contribution < 1.29 is 43.9 Å². The second-order valence-electron chi connectivity index (χ2n) is 14.2. The molecule has 260 valence electrons. The van der Waals surface area contributed by atoms with Crippen molar-refractivity contribution in [2.75, 3.05) is 0 Å². The van der Waals surface area contributed by atoms with Crippen molar-refractivity contribution in [1.29, 1.82) is 5.26 Å². The maximum Gasteiger partial charge on any atom is 0.435 e. The molecule has 9 rings (SSSR count). The van der Waals surface area contributed by atoms with E-state index in [1.165, 1.54) is 0 Å². The summed E-state index contributed by atoms with van der Waals surface area (Å²) < 4.78 is 134. The molecule has 0 bridgehead atoms. The number of hydrogen-bond donors (Lipinski definition) is 1. The first-order valence-corrected chi connectivity index (χ1v) is 15.8. The van der Waals surface area contributed by atoms with Gasteiger partial charge in [0.15, 0.2) is 17.1 Å². The fourth-order valence-corrected chi connectivity index (χ4v) is 7.93. The molecule has 3 heterocycles. The SMILES string of the molecule is CC(C)n1nc(C(F)(F)F)c2c1C(F)(F)C1CC21.CC(C)n1nc(C(F)(F)F)c2c1C1CC1CC2.N#Cc1n[nH]c2c1C1CC1C2(F)F. The second-order valence-corrected chi connectivity index (χ2v) is 14.2. The summed E-state index contributed by atoms with van der Waals surface area (Å²) >= 11 is 0. The molecular formula is C31H31F10N7. The number of hydrogen-bond acceptors (Lipinski definition) is 4. The number of alkyl halides is 10. The number of halogens is 10. The largest absolute Gasteiger partial charge is 0.435 e. The van der Waals surface area contributed by atoms with Gasteiger partial charge in [-0.2, -0.15) is 64.5 Å². The lowest BCUT2D eigenvalue weighted by Crippen LogP contribution is -2.21. The van der Waals surface area contributed by atoms with E-state index >= 15 is 0 Å². The van der Waals surface area contributed by atoms with Crippen LogP contribution in [0.3, 0.4) is 0 Å². The van der Waals surface area contributed by atoms with E-state index in [4.69, 9.17) is 5.26 Å². The Morgan fingerprint density at radius 3 is 1.92 bits per heavy atom. The maximum absolute atomic E-state index is 14.0. The van der Waals surface area contributed by atoms with Gasteiger partial charge in [0.25, 0.3) is 11.8 Å². The summed E-state index contributed by atoms with van der Waals surface area (Å²) in [5.41, 5.74) is -0.782. The number of nitrogens with one attached hydrogen (secondary N) is 1. The van der Waals surface area contributed by atoms with Gasteiger partial charge in [-0.1, -0.05) is 0 Å². The van der Waals surface area contributed by atoms with Crippen LogP contribution in [0.5, 0.6) is 0 Å². The van der Waals surface area contributed by atoms with E-state index in [-0.39, 0.29) is 35.3 Å². The van der Waals surface area contributed by atoms with Gasteiger partial charge in [-0.05, 0) is 77.6 Å². The highest BCUT2D eigenvalue weighted by atomic mass is 19.4. The van der Waals surface area contributed by atoms with E-state index in [1.807, 2.05) is 19.9 Å². The van der Waals surface area contributed by atoms with E-state index in [2.05, 4.69) is 20.4 Å². The smallest absolute Gasteiger partial charge is 0.275 e. The monoisotopic (exact) mass is 691 g/mol. The molecule has 1 N–H and O–H groups in total. The standard InChI is InChI=1S/C12H15F3N2.C11H11F5N2.C8H5F2N3/c1-6(2)17-10-8(4-3-7-5-9(7)10)11(16-17)12(13,14)15;1-4(2)18-9-7(8(17-18)11(14,15)16)5-3-6(5)10(9,12)13;9-8(10)4-1-3(4)6-5(2-11)12-13-7(6)8/h6-7,9H,3-5H2,1-2H3;4-6H,3H2,1-2H3;3-4H,1H2,(H,12,13). The zero-order valence-corrected chi connectivity index (χ0v) is 26.1. The third-order valence-corrected chi connectivity index (χ3v) is 10.4. The summed E-state index contributed by atoms with van der Waals surface area (Å²) in [6, 6.07) is 1.31. The van der Waals surface area contributed by atoms with Crippen LogP contribution in [-0.2, 0) is 30.6 Å². The van der Waals surface area contributed by atoms with Gasteiger partial charge < -0.3 is 0 Å². The molecule has 3 aromatic rings. The van der Waals surface area contributed by atoms with Gasteiger partial charge in [0.1, 0.15) is 17.5 Å². The summed E-state index contributed by atoms with van der Waals surface area (Å²) in [5.74, 6) is -7.36. The molecule has 3 fully saturated rings. The lowest BCUT2D eigenvalue weighted by Gasteiger charge is -2.17. The summed E-state index contributed by atoms with van der Waals surface area (Å²) in [6.07, 6.45) is -5.88. The minimum absolute atomic E-state index is 0.000741. The van der Waals surface area contributed by atoms with Crippen LogP contribution >= 0.6 is 0 Å². The molecule has 0 radical (unpaired) electrons. The molecule has 6 aliphatic carbocycles. The summed E-state index contributed by atoms with van der Waals surface area (Å²) in [6.45, 7) is 6.87. The maximum atomic E-state index is 14.0.